The molecule has 0 saturated heterocycles. The van der Waals surface area contributed by atoms with Crippen molar-refractivity contribution in [3.8, 4) is 0 Å². The number of carbonyl (C=O) groups excluding carboxylic acids is 1. The largest absolute Gasteiger partial charge is 0.326 e. The second-order valence-corrected chi connectivity index (χ2v) is 11.3. The van der Waals surface area contributed by atoms with Crippen molar-refractivity contribution >= 4 is 60.6 Å². The number of aryl methyl sites for hydroxylation is 2. The summed E-state index contributed by atoms with van der Waals surface area (Å²) in [5.74, 6) is 1.54. The van der Waals surface area contributed by atoms with Crippen LogP contribution in [0.25, 0.3) is 10.2 Å². The van der Waals surface area contributed by atoms with Crippen molar-refractivity contribution in [3.63, 3.8) is 0 Å². The molecule has 1 aromatic carbocycles. The minimum absolute atomic E-state index is 0.0691. The first-order valence-electron chi connectivity index (χ1n) is 9.77. The molecule has 3 aromatic rings. The third kappa shape index (κ3) is 5.46. The fourth-order valence-electron chi connectivity index (χ4n) is 3.55. The van der Waals surface area contributed by atoms with E-state index in [1.807, 2.05) is 0 Å². The van der Waals surface area contributed by atoms with Crippen molar-refractivity contribution in [1.29, 1.82) is 0 Å². The molecule has 1 aliphatic carbocycles. The summed E-state index contributed by atoms with van der Waals surface area (Å²) in [6.07, 6.45) is 4.45. The van der Waals surface area contributed by atoms with Gasteiger partial charge < -0.3 is 10.3 Å². The summed E-state index contributed by atoms with van der Waals surface area (Å²) in [5.41, 5.74) is 2.01. The van der Waals surface area contributed by atoms with Gasteiger partial charge in [-0.2, -0.15) is 11.8 Å². The Kier molecular flexibility index (Phi) is 6.35. The Morgan fingerprint density at radius 3 is 2.90 bits per heavy atom. The third-order valence-corrected chi connectivity index (χ3v) is 7.55. The van der Waals surface area contributed by atoms with Gasteiger partial charge in [0.15, 0.2) is 0 Å². The Morgan fingerprint density at radius 1 is 1.29 bits per heavy atom. The number of amides is 1. The zero-order chi connectivity index (χ0) is 22.0. The number of carbonyl (C=O) groups is 1. The Balaban J connectivity index is 1.29. The smallest absolute Gasteiger partial charge is 0.259 e. The first kappa shape index (κ1) is 21.8. The van der Waals surface area contributed by atoms with Crippen LogP contribution in [0.2, 0.25) is 0 Å². The Hall–Kier alpha value is -2.37. The Bertz CT molecular complexity index is 1300. The normalized spacial score (nSPS) is 13.3. The van der Waals surface area contributed by atoms with Crippen LogP contribution < -0.4 is 15.6 Å². The summed E-state index contributed by atoms with van der Waals surface area (Å²) >= 11 is 3.14. The maximum absolute atomic E-state index is 12.5. The number of nitrogens with zero attached hydrogens (tertiary/aromatic N) is 1. The molecule has 164 valence electrons. The molecule has 0 bridgehead atoms. The molecule has 1 amide bonds. The lowest BCUT2D eigenvalue weighted by Crippen LogP contribution is -2.14. The molecule has 0 atom stereocenters. The van der Waals surface area contributed by atoms with Crippen LogP contribution in [0.5, 0.6) is 0 Å². The van der Waals surface area contributed by atoms with Gasteiger partial charge in [0, 0.05) is 22.7 Å². The van der Waals surface area contributed by atoms with Gasteiger partial charge in [0.2, 0.25) is 15.9 Å². The number of aromatic nitrogens is 2. The standard InChI is InChI=1S/C20H22N4O4S3/c1-31(27,28)24-13-5-2-4-12(10-13)21-17(25)8-9-29-11-16-22-19(26)18-14-6-3-7-15(14)30-20(18)23-16/h2,4-5,10,24H,3,6-9,11H2,1H3,(H,21,25)(H,22,23,26). The van der Waals surface area contributed by atoms with E-state index in [-0.39, 0.29) is 17.9 Å². The molecule has 0 aliphatic heterocycles. The lowest BCUT2D eigenvalue weighted by molar-refractivity contribution is -0.115. The third-order valence-electron chi connectivity index (χ3n) is 4.79. The number of fused-ring (bicyclic) bond motifs is 3. The first-order valence-corrected chi connectivity index (χ1v) is 13.6. The molecule has 0 fully saturated rings. The van der Waals surface area contributed by atoms with E-state index in [0.29, 0.717) is 28.7 Å². The van der Waals surface area contributed by atoms with Gasteiger partial charge in [0.1, 0.15) is 10.7 Å². The summed E-state index contributed by atoms with van der Waals surface area (Å²) in [5, 5.41) is 3.51. The number of aromatic amines is 1. The van der Waals surface area contributed by atoms with E-state index in [2.05, 4.69) is 20.0 Å². The van der Waals surface area contributed by atoms with E-state index < -0.39 is 10.0 Å². The topological polar surface area (TPSA) is 121 Å². The van der Waals surface area contributed by atoms with Crippen LogP contribution in [-0.4, -0.2) is 36.3 Å². The maximum Gasteiger partial charge on any atom is 0.259 e. The van der Waals surface area contributed by atoms with Crippen LogP contribution in [-0.2, 0) is 33.4 Å². The van der Waals surface area contributed by atoms with Gasteiger partial charge in [-0.15, -0.1) is 11.3 Å². The number of benzene rings is 1. The van der Waals surface area contributed by atoms with Gasteiger partial charge in [-0.25, -0.2) is 13.4 Å². The zero-order valence-corrected chi connectivity index (χ0v) is 19.3. The number of rotatable bonds is 8. The van der Waals surface area contributed by atoms with Gasteiger partial charge in [-0.1, -0.05) is 6.07 Å². The molecule has 4 rings (SSSR count). The predicted molar refractivity (Wildman–Crippen MR) is 127 cm³/mol. The van der Waals surface area contributed by atoms with Crippen LogP contribution in [0.4, 0.5) is 11.4 Å². The summed E-state index contributed by atoms with van der Waals surface area (Å²) in [4.78, 5) is 34.2. The number of thiophene rings is 1. The zero-order valence-electron chi connectivity index (χ0n) is 16.9. The number of sulfonamides is 1. The fourth-order valence-corrected chi connectivity index (χ4v) is 6.19. The van der Waals surface area contributed by atoms with Crippen molar-refractivity contribution in [1.82, 2.24) is 9.97 Å². The van der Waals surface area contributed by atoms with Crippen LogP contribution >= 0.6 is 23.1 Å². The van der Waals surface area contributed by atoms with E-state index in [0.717, 1.165) is 35.7 Å². The van der Waals surface area contributed by atoms with E-state index in [1.54, 1.807) is 35.6 Å². The minimum Gasteiger partial charge on any atom is -0.326 e. The average Bonchev–Trinajstić information content (AvgIpc) is 3.25. The first-order chi connectivity index (χ1) is 14.8. The number of H-pyrrole nitrogens is 1. The van der Waals surface area contributed by atoms with Crippen LogP contribution in [0, 0.1) is 0 Å². The van der Waals surface area contributed by atoms with Crippen molar-refractivity contribution in [3.05, 3.63) is 50.9 Å². The second kappa shape index (κ2) is 9.01. The summed E-state index contributed by atoms with van der Waals surface area (Å²) in [6.45, 7) is 0. The van der Waals surface area contributed by atoms with Gasteiger partial charge in [0.25, 0.3) is 5.56 Å². The van der Waals surface area contributed by atoms with E-state index >= 15 is 0 Å². The molecule has 1 aliphatic rings. The number of nitrogens with one attached hydrogen (secondary N) is 3. The molecule has 0 radical (unpaired) electrons. The Labute approximate surface area is 187 Å². The molecule has 8 nitrogen and oxygen atoms in total. The molecule has 0 unspecified atom stereocenters. The van der Waals surface area contributed by atoms with E-state index in [4.69, 9.17) is 0 Å². The van der Waals surface area contributed by atoms with Crippen molar-refractivity contribution in [2.45, 2.75) is 31.4 Å². The average molecular weight is 479 g/mol. The minimum atomic E-state index is -3.38. The van der Waals surface area contributed by atoms with Crippen molar-refractivity contribution in [2.24, 2.45) is 0 Å². The van der Waals surface area contributed by atoms with Crippen LogP contribution in [0.15, 0.2) is 29.1 Å². The lowest BCUT2D eigenvalue weighted by Gasteiger charge is -2.08. The predicted octanol–water partition coefficient (Wildman–Crippen LogP) is 3.11. The van der Waals surface area contributed by atoms with Gasteiger partial charge in [0.05, 0.1) is 23.1 Å². The number of thioether (sulfide) groups is 1. The quantitative estimate of drug-likeness (QED) is 0.428. The SMILES string of the molecule is CS(=O)(=O)Nc1cccc(NC(=O)CCSCc2nc3sc4c(c3c(=O)[nH]2)CCC4)c1. The van der Waals surface area contributed by atoms with E-state index in [1.165, 1.54) is 22.2 Å². The van der Waals surface area contributed by atoms with Gasteiger partial charge in [-0.05, 0) is 43.0 Å². The molecule has 2 heterocycles. The lowest BCUT2D eigenvalue weighted by atomic mass is 10.2. The highest BCUT2D eigenvalue weighted by molar-refractivity contribution is 7.98. The highest BCUT2D eigenvalue weighted by atomic mass is 32.2. The monoisotopic (exact) mass is 478 g/mol. The molecule has 0 saturated carbocycles. The molecule has 31 heavy (non-hydrogen) atoms. The summed E-state index contributed by atoms with van der Waals surface area (Å²) < 4.78 is 25.0. The Morgan fingerprint density at radius 2 is 2.10 bits per heavy atom. The second-order valence-electron chi connectivity index (χ2n) is 7.36. The van der Waals surface area contributed by atoms with Gasteiger partial charge in [-0.3, -0.25) is 14.3 Å². The molecule has 0 spiro atoms. The number of anilines is 2. The van der Waals surface area contributed by atoms with Crippen LogP contribution in [0.1, 0.15) is 29.1 Å². The number of hydrogen-bond acceptors (Lipinski definition) is 7. The number of hydrogen-bond donors (Lipinski definition) is 3. The maximum atomic E-state index is 12.5. The van der Waals surface area contributed by atoms with Crippen LogP contribution in [0.3, 0.4) is 0 Å². The molecule has 2 aromatic heterocycles. The highest BCUT2D eigenvalue weighted by Crippen LogP contribution is 2.34. The summed E-state index contributed by atoms with van der Waals surface area (Å²) in [7, 11) is -3.38. The fraction of sp³-hybridized carbons (Fsp3) is 0.350. The van der Waals surface area contributed by atoms with Crippen molar-refractivity contribution in [2.75, 3.05) is 22.0 Å². The summed E-state index contributed by atoms with van der Waals surface area (Å²) in [6, 6.07) is 6.53. The van der Waals surface area contributed by atoms with Crippen molar-refractivity contribution < 1.29 is 13.2 Å². The molecular formula is C20H22N4O4S3. The highest BCUT2D eigenvalue weighted by Gasteiger charge is 2.21. The molecular weight excluding hydrogens is 456 g/mol. The van der Waals surface area contributed by atoms with Gasteiger partial charge >= 0.3 is 0 Å². The molecule has 11 heteroatoms. The van der Waals surface area contributed by atoms with E-state index in [9.17, 15) is 18.0 Å². The molecule has 3 N–H and O–H groups in total.